The standard InChI is InChI=1S/C14H17N3O2S/c1-8-10-12(15-6-2-3-9-4-5-9)16-7-17-13(10)20-11(8)14(18)19/h7,9H,2-6H2,1H3,(H,18,19)(H,15,16,17). The number of aromatic carboxylic acids is 1. The number of hydrogen-bond acceptors (Lipinski definition) is 5. The quantitative estimate of drug-likeness (QED) is 0.799. The molecule has 2 aromatic rings. The van der Waals surface area contributed by atoms with Gasteiger partial charge in [0, 0.05) is 6.54 Å². The molecule has 3 rings (SSSR count). The molecule has 5 nitrogen and oxygen atoms in total. The van der Waals surface area contributed by atoms with Gasteiger partial charge in [0.1, 0.15) is 21.9 Å². The van der Waals surface area contributed by atoms with Gasteiger partial charge in [0.15, 0.2) is 0 Å². The monoisotopic (exact) mass is 291 g/mol. The van der Waals surface area contributed by atoms with Crippen LogP contribution in [0.1, 0.15) is 40.9 Å². The summed E-state index contributed by atoms with van der Waals surface area (Å²) in [5.74, 6) is 0.793. The molecule has 0 radical (unpaired) electrons. The van der Waals surface area contributed by atoms with Crippen LogP contribution < -0.4 is 5.32 Å². The highest BCUT2D eigenvalue weighted by Crippen LogP contribution is 2.34. The summed E-state index contributed by atoms with van der Waals surface area (Å²) < 4.78 is 0. The van der Waals surface area contributed by atoms with Crippen LogP contribution >= 0.6 is 11.3 Å². The minimum absolute atomic E-state index is 0.349. The van der Waals surface area contributed by atoms with Gasteiger partial charge in [-0.15, -0.1) is 11.3 Å². The third-order valence-electron chi connectivity index (χ3n) is 3.70. The fourth-order valence-electron chi connectivity index (χ4n) is 2.41. The van der Waals surface area contributed by atoms with Crippen molar-refractivity contribution in [3.8, 4) is 0 Å². The van der Waals surface area contributed by atoms with E-state index in [0.717, 1.165) is 40.5 Å². The Bertz CT molecular complexity index is 649. The van der Waals surface area contributed by atoms with Gasteiger partial charge in [-0.05, 0) is 31.2 Å². The lowest BCUT2D eigenvalue weighted by Gasteiger charge is -2.06. The maximum atomic E-state index is 11.2. The summed E-state index contributed by atoms with van der Waals surface area (Å²) in [5, 5.41) is 13.4. The summed E-state index contributed by atoms with van der Waals surface area (Å²) in [5.41, 5.74) is 0.753. The van der Waals surface area contributed by atoms with Gasteiger partial charge in [-0.3, -0.25) is 0 Å². The molecule has 2 aromatic heterocycles. The van der Waals surface area contributed by atoms with Crippen molar-refractivity contribution in [2.75, 3.05) is 11.9 Å². The zero-order chi connectivity index (χ0) is 14.1. The predicted octanol–water partition coefficient (Wildman–Crippen LogP) is 3.30. The van der Waals surface area contributed by atoms with Crippen LogP contribution in [0.4, 0.5) is 5.82 Å². The smallest absolute Gasteiger partial charge is 0.346 e. The number of nitrogens with zero attached hydrogens (tertiary/aromatic N) is 2. The van der Waals surface area contributed by atoms with E-state index in [0.29, 0.717) is 4.88 Å². The van der Waals surface area contributed by atoms with Crippen molar-refractivity contribution in [1.82, 2.24) is 9.97 Å². The van der Waals surface area contributed by atoms with Crippen LogP contribution in [0.15, 0.2) is 6.33 Å². The van der Waals surface area contributed by atoms with Gasteiger partial charge >= 0.3 is 5.97 Å². The first-order valence-electron chi connectivity index (χ1n) is 6.88. The van der Waals surface area contributed by atoms with Crippen molar-refractivity contribution in [3.63, 3.8) is 0 Å². The fraction of sp³-hybridized carbons (Fsp3) is 0.500. The number of fused-ring (bicyclic) bond motifs is 1. The Morgan fingerprint density at radius 1 is 1.50 bits per heavy atom. The number of hydrogen-bond donors (Lipinski definition) is 2. The SMILES string of the molecule is Cc1c(C(=O)O)sc2ncnc(NCCCC3CC3)c12. The summed E-state index contributed by atoms with van der Waals surface area (Å²) in [6.45, 7) is 2.70. The van der Waals surface area contributed by atoms with Crippen molar-refractivity contribution in [1.29, 1.82) is 0 Å². The number of rotatable bonds is 6. The van der Waals surface area contributed by atoms with Crippen molar-refractivity contribution >= 4 is 33.3 Å². The molecule has 2 heterocycles. The van der Waals surface area contributed by atoms with Crippen molar-refractivity contribution in [3.05, 3.63) is 16.8 Å². The van der Waals surface area contributed by atoms with E-state index in [9.17, 15) is 9.90 Å². The Labute approximate surface area is 121 Å². The third kappa shape index (κ3) is 2.60. The van der Waals surface area contributed by atoms with Crippen LogP contribution in [-0.4, -0.2) is 27.6 Å². The zero-order valence-corrected chi connectivity index (χ0v) is 12.2. The van der Waals surface area contributed by atoms with Crippen LogP contribution in [0.25, 0.3) is 10.2 Å². The summed E-state index contributed by atoms with van der Waals surface area (Å²) >= 11 is 1.21. The molecule has 0 bridgehead atoms. The van der Waals surface area contributed by atoms with Crippen molar-refractivity contribution in [2.45, 2.75) is 32.6 Å². The van der Waals surface area contributed by atoms with E-state index in [1.807, 2.05) is 6.92 Å². The number of anilines is 1. The lowest BCUT2D eigenvalue weighted by molar-refractivity contribution is 0.0701. The molecular weight excluding hydrogens is 274 g/mol. The summed E-state index contributed by atoms with van der Waals surface area (Å²) in [6, 6.07) is 0. The Kier molecular flexibility index (Phi) is 3.56. The molecule has 0 aliphatic heterocycles. The van der Waals surface area contributed by atoms with E-state index in [2.05, 4.69) is 15.3 Å². The number of carboxylic acid groups (broad SMARTS) is 1. The number of carbonyl (C=O) groups is 1. The van der Waals surface area contributed by atoms with Crippen LogP contribution in [0.2, 0.25) is 0 Å². The average molecular weight is 291 g/mol. The normalized spacial score (nSPS) is 14.7. The molecule has 0 amide bonds. The Morgan fingerprint density at radius 2 is 2.30 bits per heavy atom. The van der Waals surface area contributed by atoms with Crippen molar-refractivity contribution in [2.24, 2.45) is 5.92 Å². The highest BCUT2D eigenvalue weighted by Gasteiger charge is 2.21. The van der Waals surface area contributed by atoms with E-state index in [1.54, 1.807) is 0 Å². The van der Waals surface area contributed by atoms with Gasteiger partial charge in [-0.1, -0.05) is 12.8 Å². The molecule has 1 aliphatic rings. The molecule has 2 N–H and O–H groups in total. The summed E-state index contributed by atoms with van der Waals surface area (Å²) in [7, 11) is 0. The van der Waals surface area contributed by atoms with Gasteiger partial charge in [-0.25, -0.2) is 14.8 Å². The van der Waals surface area contributed by atoms with Crippen LogP contribution in [0.5, 0.6) is 0 Å². The number of aryl methyl sites for hydroxylation is 1. The first-order valence-corrected chi connectivity index (χ1v) is 7.69. The number of nitrogens with one attached hydrogen (secondary N) is 1. The minimum atomic E-state index is -0.898. The molecule has 0 spiro atoms. The second-order valence-corrected chi connectivity index (χ2v) is 6.28. The molecular formula is C14H17N3O2S. The highest BCUT2D eigenvalue weighted by molar-refractivity contribution is 7.20. The number of aromatic nitrogens is 2. The van der Waals surface area contributed by atoms with Gasteiger partial charge in [-0.2, -0.15) is 0 Å². The van der Waals surface area contributed by atoms with Crippen molar-refractivity contribution < 1.29 is 9.90 Å². The molecule has 0 aromatic carbocycles. The summed E-state index contributed by atoms with van der Waals surface area (Å²) in [4.78, 5) is 20.7. The molecule has 1 aliphatic carbocycles. The van der Waals surface area contributed by atoms with E-state index in [-0.39, 0.29) is 0 Å². The van der Waals surface area contributed by atoms with Gasteiger partial charge in [0.05, 0.1) is 5.39 Å². The summed E-state index contributed by atoms with van der Waals surface area (Å²) in [6.07, 6.45) is 6.65. The van der Waals surface area contributed by atoms with Gasteiger partial charge < -0.3 is 10.4 Å². The molecule has 1 saturated carbocycles. The largest absolute Gasteiger partial charge is 0.477 e. The predicted molar refractivity (Wildman–Crippen MR) is 79.6 cm³/mol. The van der Waals surface area contributed by atoms with E-state index in [4.69, 9.17) is 0 Å². The Hall–Kier alpha value is -1.69. The second-order valence-electron chi connectivity index (χ2n) is 5.28. The maximum absolute atomic E-state index is 11.2. The number of carboxylic acids is 1. The molecule has 6 heteroatoms. The topological polar surface area (TPSA) is 75.1 Å². The molecule has 20 heavy (non-hydrogen) atoms. The second kappa shape index (κ2) is 5.36. The van der Waals surface area contributed by atoms with Gasteiger partial charge in [0.25, 0.3) is 0 Å². The zero-order valence-electron chi connectivity index (χ0n) is 11.3. The molecule has 106 valence electrons. The minimum Gasteiger partial charge on any atom is -0.477 e. The van der Waals surface area contributed by atoms with E-state index >= 15 is 0 Å². The van der Waals surface area contributed by atoms with E-state index in [1.165, 1.54) is 36.9 Å². The highest BCUT2D eigenvalue weighted by atomic mass is 32.1. The van der Waals surface area contributed by atoms with Gasteiger partial charge in [0.2, 0.25) is 0 Å². The van der Waals surface area contributed by atoms with E-state index < -0.39 is 5.97 Å². The maximum Gasteiger partial charge on any atom is 0.346 e. The van der Waals surface area contributed by atoms with Crippen LogP contribution in [0.3, 0.4) is 0 Å². The first-order chi connectivity index (χ1) is 9.66. The number of thiophene rings is 1. The lowest BCUT2D eigenvalue weighted by Crippen LogP contribution is -2.04. The molecule has 0 unspecified atom stereocenters. The Balaban J connectivity index is 1.80. The first kappa shape index (κ1) is 13.3. The van der Waals surface area contributed by atoms with Crippen LogP contribution in [0, 0.1) is 12.8 Å². The molecule has 1 fully saturated rings. The molecule has 0 saturated heterocycles. The lowest BCUT2D eigenvalue weighted by atomic mass is 10.2. The Morgan fingerprint density at radius 3 is 3.00 bits per heavy atom. The fourth-order valence-corrected chi connectivity index (χ4v) is 3.40. The average Bonchev–Trinajstić information content (AvgIpc) is 3.18. The third-order valence-corrected chi connectivity index (χ3v) is 4.89. The van der Waals surface area contributed by atoms with Crippen LogP contribution in [-0.2, 0) is 0 Å². The molecule has 0 atom stereocenters.